The largest absolute Gasteiger partial charge is 0.350 e. The maximum Gasteiger partial charge on any atom is 0.262 e. The third-order valence-corrected chi connectivity index (χ3v) is 4.09. The molecule has 0 unspecified atom stereocenters. The van der Waals surface area contributed by atoms with Gasteiger partial charge in [-0.15, -0.1) is 11.3 Å². The summed E-state index contributed by atoms with van der Waals surface area (Å²) < 4.78 is 0. The average molecular weight is 274 g/mol. The molecule has 2 N–H and O–H groups in total. The van der Waals surface area contributed by atoms with Crippen LogP contribution in [0.5, 0.6) is 0 Å². The van der Waals surface area contributed by atoms with E-state index in [0.717, 1.165) is 32.7 Å². The molecule has 1 saturated heterocycles. The lowest BCUT2D eigenvalue weighted by atomic mass is 10.3. The van der Waals surface area contributed by atoms with Crippen molar-refractivity contribution in [3.8, 4) is 0 Å². The van der Waals surface area contributed by atoms with Crippen molar-refractivity contribution in [3.05, 3.63) is 21.3 Å². The summed E-state index contributed by atoms with van der Waals surface area (Å²) in [5.41, 5.74) is 0. The van der Waals surface area contributed by atoms with Crippen LogP contribution >= 0.6 is 22.9 Å². The van der Waals surface area contributed by atoms with Crippen molar-refractivity contribution in [3.63, 3.8) is 0 Å². The van der Waals surface area contributed by atoms with Crippen molar-refractivity contribution in [2.75, 3.05) is 39.3 Å². The number of carbonyl (C=O) groups excluding carboxylic acids is 1. The first kappa shape index (κ1) is 12.8. The molecule has 1 aliphatic heterocycles. The predicted octanol–water partition coefficient (Wildman–Crippen LogP) is 1.04. The second-order valence-corrected chi connectivity index (χ2v) is 5.27. The molecule has 0 aromatic carbocycles. The molecule has 94 valence electrons. The molecule has 1 aliphatic rings. The minimum Gasteiger partial charge on any atom is -0.350 e. The van der Waals surface area contributed by atoms with Crippen molar-refractivity contribution in [2.45, 2.75) is 0 Å². The Kier molecular flexibility index (Phi) is 4.79. The quantitative estimate of drug-likeness (QED) is 0.862. The minimum atomic E-state index is -0.0693. The number of hydrogen-bond acceptors (Lipinski definition) is 4. The fourth-order valence-electron chi connectivity index (χ4n) is 1.80. The van der Waals surface area contributed by atoms with E-state index >= 15 is 0 Å². The van der Waals surface area contributed by atoms with E-state index in [1.54, 1.807) is 6.07 Å². The van der Waals surface area contributed by atoms with E-state index in [1.807, 2.05) is 5.38 Å². The second-order valence-electron chi connectivity index (χ2n) is 3.95. The number of nitrogens with one attached hydrogen (secondary N) is 2. The summed E-state index contributed by atoms with van der Waals surface area (Å²) in [5, 5.41) is 8.56. The molecular weight excluding hydrogens is 258 g/mol. The van der Waals surface area contributed by atoms with Crippen molar-refractivity contribution in [1.82, 2.24) is 15.5 Å². The molecule has 2 heterocycles. The highest BCUT2D eigenvalue weighted by Crippen LogP contribution is 2.21. The van der Waals surface area contributed by atoms with Crippen LogP contribution in [0.15, 0.2) is 11.4 Å². The summed E-state index contributed by atoms with van der Waals surface area (Å²) >= 11 is 7.27. The summed E-state index contributed by atoms with van der Waals surface area (Å²) in [6.45, 7) is 5.74. The second kappa shape index (κ2) is 6.35. The SMILES string of the molecule is O=C(NCCN1CCNCC1)c1sccc1Cl. The standard InChI is InChI=1S/C11H16ClN3OS/c12-9-1-8-17-10(9)11(16)14-4-7-15-5-2-13-3-6-15/h1,8,13H,2-7H2,(H,14,16). The van der Waals surface area contributed by atoms with Gasteiger partial charge in [0, 0.05) is 39.3 Å². The minimum absolute atomic E-state index is 0.0693. The molecule has 0 radical (unpaired) electrons. The lowest BCUT2D eigenvalue weighted by Gasteiger charge is -2.27. The van der Waals surface area contributed by atoms with E-state index in [-0.39, 0.29) is 5.91 Å². The van der Waals surface area contributed by atoms with Crippen LogP contribution in [0, 0.1) is 0 Å². The molecule has 0 spiro atoms. The summed E-state index contributed by atoms with van der Waals surface area (Å²) in [5.74, 6) is -0.0693. The molecule has 1 aromatic heterocycles. The fourth-order valence-corrected chi connectivity index (χ4v) is 2.86. The number of rotatable bonds is 4. The van der Waals surface area contributed by atoms with Crippen molar-refractivity contribution < 1.29 is 4.79 Å². The molecule has 1 aromatic rings. The van der Waals surface area contributed by atoms with Crippen molar-refractivity contribution >= 4 is 28.8 Å². The number of thiophene rings is 1. The first-order valence-corrected chi connectivity index (χ1v) is 6.97. The summed E-state index contributed by atoms with van der Waals surface area (Å²) in [6, 6.07) is 1.75. The molecule has 0 saturated carbocycles. The topological polar surface area (TPSA) is 44.4 Å². The van der Waals surface area contributed by atoms with Gasteiger partial charge in [-0.3, -0.25) is 9.69 Å². The van der Waals surface area contributed by atoms with Gasteiger partial charge >= 0.3 is 0 Å². The monoisotopic (exact) mass is 273 g/mol. The Morgan fingerprint density at radius 2 is 2.29 bits per heavy atom. The van der Waals surface area contributed by atoms with E-state index in [1.165, 1.54) is 11.3 Å². The molecule has 0 aliphatic carbocycles. The molecule has 4 nitrogen and oxygen atoms in total. The van der Waals surface area contributed by atoms with Crippen LogP contribution in [0.25, 0.3) is 0 Å². The first-order valence-electron chi connectivity index (χ1n) is 5.71. The fraction of sp³-hybridized carbons (Fsp3) is 0.545. The van der Waals surface area contributed by atoms with Crippen molar-refractivity contribution in [2.24, 2.45) is 0 Å². The van der Waals surface area contributed by atoms with E-state index in [2.05, 4.69) is 15.5 Å². The molecule has 1 fully saturated rings. The number of amides is 1. The van der Waals surface area contributed by atoms with Gasteiger partial charge in [0.15, 0.2) is 0 Å². The number of piperazine rings is 1. The number of hydrogen-bond donors (Lipinski definition) is 2. The summed E-state index contributed by atoms with van der Waals surface area (Å²) in [4.78, 5) is 14.7. The van der Waals surface area contributed by atoms with Gasteiger partial charge < -0.3 is 10.6 Å². The van der Waals surface area contributed by atoms with Crippen LogP contribution in [0.3, 0.4) is 0 Å². The average Bonchev–Trinajstić information content (AvgIpc) is 2.77. The molecule has 17 heavy (non-hydrogen) atoms. The summed E-state index contributed by atoms with van der Waals surface area (Å²) in [6.07, 6.45) is 0. The zero-order valence-electron chi connectivity index (χ0n) is 9.54. The van der Waals surface area contributed by atoms with Gasteiger partial charge in [0.05, 0.1) is 5.02 Å². The molecule has 0 atom stereocenters. The number of carbonyl (C=O) groups is 1. The third kappa shape index (κ3) is 3.67. The van der Waals surface area contributed by atoms with Crippen LogP contribution < -0.4 is 10.6 Å². The highest BCUT2D eigenvalue weighted by Gasteiger charge is 2.12. The van der Waals surface area contributed by atoms with Gasteiger partial charge in [-0.1, -0.05) is 11.6 Å². The van der Waals surface area contributed by atoms with Gasteiger partial charge in [0.1, 0.15) is 4.88 Å². The molecule has 1 amide bonds. The van der Waals surface area contributed by atoms with Crippen LogP contribution in [0.2, 0.25) is 5.02 Å². The van der Waals surface area contributed by atoms with E-state index in [4.69, 9.17) is 11.6 Å². The van der Waals surface area contributed by atoms with Gasteiger partial charge in [0.25, 0.3) is 5.91 Å². The Balaban J connectivity index is 1.71. The Morgan fingerprint density at radius 3 is 2.94 bits per heavy atom. The van der Waals surface area contributed by atoms with Crippen LogP contribution in [0.4, 0.5) is 0 Å². The Labute approximate surface area is 110 Å². The molecule has 2 rings (SSSR count). The van der Waals surface area contributed by atoms with Gasteiger partial charge in [-0.05, 0) is 11.4 Å². The van der Waals surface area contributed by atoms with E-state index in [0.29, 0.717) is 16.4 Å². The Hall–Kier alpha value is -0.620. The lowest BCUT2D eigenvalue weighted by molar-refractivity contribution is 0.0951. The Bertz CT molecular complexity index is 377. The normalized spacial score (nSPS) is 17.0. The smallest absolute Gasteiger partial charge is 0.262 e. The highest BCUT2D eigenvalue weighted by atomic mass is 35.5. The van der Waals surface area contributed by atoms with Crippen LogP contribution in [0.1, 0.15) is 9.67 Å². The highest BCUT2D eigenvalue weighted by molar-refractivity contribution is 7.12. The van der Waals surface area contributed by atoms with Crippen LogP contribution in [-0.2, 0) is 0 Å². The lowest BCUT2D eigenvalue weighted by Crippen LogP contribution is -2.46. The molecule has 0 bridgehead atoms. The van der Waals surface area contributed by atoms with Crippen molar-refractivity contribution in [1.29, 1.82) is 0 Å². The van der Waals surface area contributed by atoms with E-state index in [9.17, 15) is 4.79 Å². The number of nitrogens with zero attached hydrogens (tertiary/aromatic N) is 1. The maximum atomic E-state index is 11.8. The van der Waals surface area contributed by atoms with Gasteiger partial charge in [-0.25, -0.2) is 0 Å². The summed E-state index contributed by atoms with van der Waals surface area (Å²) in [7, 11) is 0. The predicted molar refractivity (Wildman–Crippen MR) is 71.0 cm³/mol. The maximum absolute atomic E-state index is 11.8. The van der Waals surface area contributed by atoms with Gasteiger partial charge in [-0.2, -0.15) is 0 Å². The third-order valence-electron chi connectivity index (χ3n) is 2.75. The molecular formula is C11H16ClN3OS. The zero-order chi connectivity index (χ0) is 12.1. The van der Waals surface area contributed by atoms with E-state index < -0.39 is 0 Å². The zero-order valence-corrected chi connectivity index (χ0v) is 11.1. The Morgan fingerprint density at radius 1 is 1.53 bits per heavy atom. The molecule has 6 heteroatoms. The first-order chi connectivity index (χ1) is 8.27. The van der Waals surface area contributed by atoms with Gasteiger partial charge in [0.2, 0.25) is 0 Å². The number of halogens is 1. The van der Waals surface area contributed by atoms with Crippen LogP contribution in [-0.4, -0.2) is 50.1 Å².